The van der Waals surface area contributed by atoms with Crippen LogP contribution in [0.2, 0.25) is 0 Å². The maximum atomic E-state index is 12.3. The normalized spacial score (nSPS) is 37.1. The van der Waals surface area contributed by atoms with Crippen LogP contribution in [0.5, 0.6) is 0 Å². The highest BCUT2D eigenvalue weighted by Crippen LogP contribution is 2.67. The molecule has 0 aliphatic heterocycles. The van der Waals surface area contributed by atoms with Crippen LogP contribution in [0.25, 0.3) is 0 Å². The smallest absolute Gasteiger partial charge is 0.432 e. The fourth-order valence-corrected chi connectivity index (χ4v) is 9.46. The van der Waals surface area contributed by atoms with E-state index in [9.17, 15) is 4.79 Å². The van der Waals surface area contributed by atoms with Gasteiger partial charge in [-0.15, -0.1) is 0 Å². The average Bonchev–Trinajstić information content (AvgIpc) is 3.23. The molecule has 4 aliphatic carbocycles. The van der Waals surface area contributed by atoms with Gasteiger partial charge in [0.15, 0.2) is 0 Å². The van der Waals surface area contributed by atoms with Crippen LogP contribution < -0.4 is 0 Å². The minimum Gasteiger partial charge on any atom is -0.432 e. The van der Waals surface area contributed by atoms with Gasteiger partial charge in [-0.1, -0.05) is 78.9 Å². The summed E-state index contributed by atoms with van der Waals surface area (Å²) in [6.45, 7) is 16.1. The van der Waals surface area contributed by atoms with Crippen molar-refractivity contribution in [3.63, 3.8) is 0 Å². The first-order chi connectivity index (χ1) is 18.2. The molecule has 0 radical (unpaired) electrons. The zero-order valence-corrected chi connectivity index (χ0v) is 25.6. The molecular formula is C34H58O4. The molecule has 3 saturated carbocycles. The van der Waals surface area contributed by atoms with Crippen molar-refractivity contribution in [2.24, 2.45) is 46.3 Å². The van der Waals surface area contributed by atoms with E-state index >= 15 is 0 Å². The predicted octanol–water partition coefficient (Wildman–Crippen LogP) is 9.37. The molecule has 0 saturated heterocycles. The molecule has 0 amide bonds. The summed E-state index contributed by atoms with van der Waals surface area (Å²) in [5.41, 5.74) is 2.37. The van der Waals surface area contributed by atoms with Gasteiger partial charge in [-0.25, -0.2) is 4.79 Å². The van der Waals surface area contributed by atoms with Crippen molar-refractivity contribution in [1.29, 1.82) is 0 Å². The van der Waals surface area contributed by atoms with Crippen LogP contribution in [0.15, 0.2) is 11.6 Å². The Morgan fingerprint density at radius 1 is 0.974 bits per heavy atom. The van der Waals surface area contributed by atoms with E-state index in [1.807, 2.05) is 0 Å². The van der Waals surface area contributed by atoms with Gasteiger partial charge in [-0.05, 0) is 97.7 Å². The second kappa shape index (κ2) is 13.1. The van der Waals surface area contributed by atoms with Crippen LogP contribution >= 0.6 is 0 Å². The molecule has 0 bridgehead atoms. The highest BCUT2D eigenvalue weighted by molar-refractivity contribution is 5.60. The topological polar surface area (TPSA) is 44.8 Å². The number of allylic oxidation sites excluding steroid dienone is 1. The average molecular weight is 531 g/mol. The van der Waals surface area contributed by atoms with E-state index in [0.717, 1.165) is 74.2 Å². The summed E-state index contributed by atoms with van der Waals surface area (Å²) in [4.78, 5) is 12.3. The van der Waals surface area contributed by atoms with E-state index in [2.05, 4.69) is 47.6 Å². The number of carbonyl (C=O) groups is 1. The summed E-state index contributed by atoms with van der Waals surface area (Å²) in [7, 11) is 0. The Bertz CT molecular complexity index is 804. The third-order valence-corrected chi connectivity index (χ3v) is 11.6. The molecule has 0 aromatic heterocycles. The van der Waals surface area contributed by atoms with Crippen molar-refractivity contribution in [2.75, 3.05) is 19.8 Å². The Kier molecular flexibility index (Phi) is 10.3. The number of carbonyl (C=O) groups excluding carboxylic acids is 1. The lowest BCUT2D eigenvalue weighted by molar-refractivity contribution is -0.0625. The van der Waals surface area contributed by atoms with Crippen LogP contribution in [0, 0.1) is 46.3 Å². The molecule has 8 atom stereocenters. The first-order valence-electron chi connectivity index (χ1n) is 16.3. The zero-order chi connectivity index (χ0) is 27.3. The lowest BCUT2D eigenvalue weighted by Crippen LogP contribution is -2.51. The predicted molar refractivity (Wildman–Crippen MR) is 155 cm³/mol. The molecule has 0 spiro atoms. The van der Waals surface area contributed by atoms with Gasteiger partial charge in [0.2, 0.25) is 0 Å². The monoisotopic (exact) mass is 530 g/mol. The van der Waals surface area contributed by atoms with E-state index in [0.29, 0.717) is 12.0 Å². The van der Waals surface area contributed by atoms with Gasteiger partial charge in [0, 0.05) is 13.0 Å². The lowest BCUT2D eigenvalue weighted by Gasteiger charge is -2.58. The fraction of sp³-hybridized carbons (Fsp3) is 0.912. The molecule has 1 unspecified atom stereocenters. The molecule has 218 valence electrons. The van der Waals surface area contributed by atoms with E-state index in [-0.39, 0.29) is 18.1 Å². The van der Waals surface area contributed by atoms with Gasteiger partial charge in [0.1, 0.15) is 12.7 Å². The van der Waals surface area contributed by atoms with Crippen molar-refractivity contribution in [3.8, 4) is 0 Å². The van der Waals surface area contributed by atoms with Gasteiger partial charge < -0.3 is 14.2 Å². The zero-order valence-electron chi connectivity index (χ0n) is 25.6. The summed E-state index contributed by atoms with van der Waals surface area (Å²) in [5, 5.41) is 0. The van der Waals surface area contributed by atoms with Gasteiger partial charge in [0.25, 0.3) is 0 Å². The Morgan fingerprint density at radius 3 is 2.55 bits per heavy atom. The molecule has 4 heteroatoms. The Morgan fingerprint density at radius 2 is 1.79 bits per heavy atom. The summed E-state index contributed by atoms with van der Waals surface area (Å²) in [6.07, 6.45) is 18.2. The molecule has 0 aromatic rings. The van der Waals surface area contributed by atoms with Crippen LogP contribution in [0.4, 0.5) is 4.79 Å². The molecule has 0 N–H and O–H groups in total. The number of unbranched alkanes of at least 4 members (excludes halogenated alkanes) is 1. The van der Waals surface area contributed by atoms with Crippen LogP contribution in [-0.4, -0.2) is 32.1 Å². The standard InChI is InChI=1S/C34H58O4/c1-7-8-20-36-21-22-37-32(35)38-27-16-18-33(5)26(23-27)12-13-28-30-15-14-29(25(4)11-9-10-24(2)3)34(30,6)19-17-31(28)33/h12,24-25,27-31H,7-11,13-23H2,1-6H3/t25-,27+,28+,29?,30+,31+,33+,34-/m1/s1. The molecule has 38 heavy (non-hydrogen) atoms. The quantitative estimate of drug-likeness (QED) is 0.143. The highest BCUT2D eigenvalue weighted by Gasteiger charge is 2.59. The second-order valence-electron chi connectivity index (χ2n) is 14.3. The van der Waals surface area contributed by atoms with Crippen LogP contribution in [0.1, 0.15) is 125 Å². The number of hydrogen-bond acceptors (Lipinski definition) is 4. The van der Waals surface area contributed by atoms with Crippen molar-refractivity contribution in [3.05, 3.63) is 11.6 Å². The Balaban J connectivity index is 1.31. The van der Waals surface area contributed by atoms with Crippen molar-refractivity contribution in [2.45, 2.75) is 131 Å². The lowest BCUT2D eigenvalue weighted by atomic mass is 9.47. The first kappa shape index (κ1) is 29.9. The van der Waals surface area contributed by atoms with Crippen molar-refractivity contribution < 1.29 is 19.0 Å². The number of fused-ring (bicyclic) bond motifs is 5. The minimum absolute atomic E-state index is 0.0456. The van der Waals surface area contributed by atoms with Gasteiger partial charge in [-0.3, -0.25) is 0 Å². The molecule has 4 rings (SSSR count). The largest absolute Gasteiger partial charge is 0.508 e. The van der Waals surface area contributed by atoms with Crippen LogP contribution in [0.3, 0.4) is 0 Å². The molecule has 0 heterocycles. The second-order valence-corrected chi connectivity index (χ2v) is 14.3. The summed E-state index contributed by atoms with van der Waals surface area (Å²) in [5.74, 6) is 5.12. The fourth-order valence-electron chi connectivity index (χ4n) is 9.46. The minimum atomic E-state index is -0.528. The molecular weight excluding hydrogens is 472 g/mol. The third kappa shape index (κ3) is 6.47. The molecule has 0 aromatic carbocycles. The number of hydrogen-bond donors (Lipinski definition) is 0. The Hall–Kier alpha value is -1.03. The SMILES string of the molecule is CCCCOCCOC(=O)O[C@H]1CC[C@@]2(C)C(=CC[C@@H]3[C@@H]2CC[C@]2(C)C([C@H](C)CCCC(C)C)CC[C@@H]32)C1. The summed E-state index contributed by atoms with van der Waals surface area (Å²) >= 11 is 0. The Labute approximate surface area is 234 Å². The van der Waals surface area contributed by atoms with E-state index in [1.165, 1.54) is 51.4 Å². The third-order valence-electron chi connectivity index (χ3n) is 11.6. The molecule has 3 fully saturated rings. The number of ether oxygens (including phenoxy) is 3. The van der Waals surface area contributed by atoms with Crippen molar-refractivity contribution in [1.82, 2.24) is 0 Å². The van der Waals surface area contributed by atoms with Crippen molar-refractivity contribution >= 4 is 6.16 Å². The first-order valence-corrected chi connectivity index (χ1v) is 16.3. The summed E-state index contributed by atoms with van der Waals surface area (Å²) < 4.78 is 16.5. The van der Waals surface area contributed by atoms with E-state index in [1.54, 1.807) is 5.57 Å². The van der Waals surface area contributed by atoms with Crippen LogP contribution in [-0.2, 0) is 14.2 Å². The van der Waals surface area contributed by atoms with Gasteiger partial charge in [0.05, 0.1) is 6.61 Å². The maximum Gasteiger partial charge on any atom is 0.508 e. The van der Waals surface area contributed by atoms with E-state index < -0.39 is 6.16 Å². The molecule has 4 aliphatic rings. The number of rotatable bonds is 12. The summed E-state index contributed by atoms with van der Waals surface area (Å²) in [6, 6.07) is 0. The maximum absolute atomic E-state index is 12.3. The highest BCUT2D eigenvalue weighted by atomic mass is 16.7. The van der Waals surface area contributed by atoms with Gasteiger partial charge >= 0.3 is 6.16 Å². The van der Waals surface area contributed by atoms with Gasteiger partial charge in [-0.2, -0.15) is 0 Å². The molecule has 4 nitrogen and oxygen atoms in total. The van der Waals surface area contributed by atoms with E-state index in [4.69, 9.17) is 14.2 Å².